The van der Waals surface area contributed by atoms with E-state index in [0.29, 0.717) is 6.54 Å². The maximum Gasteiger partial charge on any atom is 0.242 e. The normalized spacial score (nSPS) is 19.6. The Balaban J connectivity index is 2.02. The second kappa shape index (κ2) is 6.86. The summed E-state index contributed by atoms with van der Waals surface area (Å²) >= 11 is 1.68. The summed E-state index contributed by atoms with van der Waals surface area (Å²) in [6.45, 7) is 7.64. The third-order valence-electron chi connectivity index (χ3n) is 3.23. The lowest BCUT2D eigenvalue weighted by molar-refractivity contribution is -0.123. The first-order chi connectivity index (χ1) is 9.26. The van der Waals surface area contributed by atoms with Crippen LogP contribution >= 0.6 is 11.3 Å². The van der Waals surface area contributed by atoms with Crippen LogP contribution in [-0.4, -0.2) is 36.6 Å². The van der Waals surface area contributed by atoms with Gasteiger partial charge in [0.15, 0.2) is 5.13 Å². The molecule has 0 spiro atoms. The Bertz CT molecular complexity index is 421. The fourth-order valence-corrected chi connectivity index (χ4v) is 3.20. The molecule has 1 unspecified atom stereocenters. The van der Waals surface area contributed by atoms with Gasteiger partial charge in [0.1, 0.15) is 6.04 Å². The standard InChI is InChI=1S/C13H22N4OS/c1-3-5-14-8-10-9-16-13(19-10)17-7-6-15-12(18)11(17)4-2/h9,11,14H,3-8H2,1-2H3,(H,15,18). The summed E-state index contributed by atoms with van der Waals surface area (Å²) in [6, 6.07) is -0.0728. The van der Waals surface area contributed by atoms with Crippen LogP contribution in [0.1, 0.15) is 31.6 Å². The predicted octanol–water partition coefficient (Wildman–Crippen LogP) is 1.36. The van der Waals surface area contributed by atoms with E-state index in [1.807, 2.05) is 13.1 Å². The summed E-state index contributed by atoms with van der Waals surface area (Å²) < 4.78 is 0. The lowest BCUT2D eigenvalue weighted by atomic mass is 10.1. The summed E-state index contributed by atoms with van der Waals surface area (Å²) in [5.74, 6) is 0.120. The Morgan fingerprint density at radius 1 is 1.58 bits per heavy atom. The first-order valence-electron chi connectivity index (χ1n) is 6.96. The van der Waals surface area contributed by atoms with E-state index in [1.54, 1.807) is 11.3 Å². The van der Waals surface area contributed by atoms with E-state index in [1.165, 1.54) is 4.88 Å². The zero-order valence-corrected chi connectivity index (χ0v) is 12.4. The smallest absolute Gasteiger partial charge is 0.242 e. The average Bonchev–Trinajstić information content (AvgIpc) is 2.87. The van der Waals surface area contributed by atoms with Gasteiger partial charge in [0, 0.05) is 30.7 Å². The molecule has 1 amide bonds. The summed E-state index contributed by atoms with van der Waals surface area (Å²) in [4.78, 5) is 19.7. The monoisotopic (exact) mass is 282 g/mol. The maximum atomic E-state index is 11.8. The van der Waals surface area contributed by atoms with Crippen LogP contribution < -0.4 is 15.5 Å². The molecule has 2 rings (SSSR count). The molecule has 0 radical (unpaired) electrons. The van der Waals surface area contributed by atoms with E-state index in [4.69, 9.17) is 0 Å². The van der Waals surface area contributed by atoms with Gasteiger partial charge in [-0.3, -0.25) is 4.79 Å². The number of amides is 1. The molecule has 0 aliphatic carbocycles. The molecule has 0 bridgehead atoms. The summed E-state index contributed by atoms with van der Waals surface area (Å²) in [7, 11) is 0. The van der Waals surface area contributed by atoms with Crippen molar-refractivity contribution in [1.82, 2.24) is 15.6 Å². The number of carbonyl (C=O) groups is 1. The lowest BCUT2D eigenvalue weighted by Crippen LogP contribution is -2.55. The molecule has 106 valence electrons. The number of thiazole rings is 1. The molecular formula is C13H22N4OS. The number of hydrogen-bond donors (Lipinski definition) is 2. The molecule has 1 saturated heterocycles. The highest BCUT2D eigenvalue weighted by molar-refractivity contribution is 7.15. The number of anilines is 1. The van der Waals surface area contributed by atoms with Crippen molar-refractivity contribution >= 4 is 22.4 Å². The van der Waals surface area contributed by atoms with Crippen molar-refractivity contribution in [3.63, 3.8) is 0 Å². The van der Waals surface area contributed by atoms with Crippen LogP contribution in [-0.2, 0) is 11.3 Å². The van der Waals surface area contributed by atoms with Crippen molar-refractivity contribution < 1.29 is 4.79 Å². The molecule has 19 heavy (non-hydrogen) atoms. The van der Waals surface area contributed by atoms with Crippen LogP contribution in [0, 0.1) is 0 Å². The fraction of sp³-hybridized carbons (Fsp3) is 0.692. The molecule has 2 heterocycles. The highest BCUT2D eigenvalue weighted by Crippen LogP contribution is 2.26. The van der Waals surface area contributed by atoms with Crippen LogP contribution in [0.4, 0.5) is 5.13 Å². The maximum absolute atomic E-state index is 11.8. The van der Waals surface area contributed by atoms with E-state index >= 15 is 0 Å². The Hall–Kier alpha value is -1.14. The molecule has 1 aromatic rings. The van der Waals surface area contributed by atoms with E-state index in [2.05, 4.69) is 27.4 Å². The number of nitrogens with one attached hydrogen (secondary N) is 2. The van der Waals surface area contributed by atoms with Gasteiger partial charge in [-0.05, 0) is 19.4 Å². The number of hydrogen-bond acceptors (Lipinski definition) is 5. The van der Waals surface area contributed by atoms with E-state index in [-0.39, 0.29) is 11.9 Å². The van der Waals surface area contributed by atoms with Crippen LogP contribution in [0.15, 0.2) is 6.20 Å². The lowest BCUT2D eigenvalue weighted by Gasteiger charge is -2.34. The van der Waals surface area contributed by atoms with Crippen molar-refractivity contribution in [1.29, 1.82) is 0 Å². The zero-order valence-electron chi connectivity index (χ0n) is 11.6. The minimum absolute atomic E-state index is 0.0728. The summed E-state index contributed by atoms with van der Waals surface area (Å²) in [6.07, 6.45) is 3.87. The highest BCUT2D eigenvalue weighted by atomic mass is 32.1. The molecule has 1 atom stereocenters. The molecule has 2 N–H and O–H groups in total. The fourth-order valence-electron chi connectivity index (χ4n) is 2.25. The molecule has 6 heteroatoms. The third-order valence-corrected chi connectivity index (χ3v) is 4.27. The first-order valence-corrected chi connectivity index (χ1v) is 7.77. The number of rotatable bonds is 6. The van der Waals surface area contributed by atoms with Gasteiger partial charge in [0.2, 0.25) is 5.91 Å². The number of carbonyl (C=O) groups excluding carboxylic acids is 1. The van der Waals surface area contributed by atoms with Gasteiger partial charge in [-0.15, -0.1) is 11.3 Å². The summed E-state index contributed by atoms with van der Waals surface area (Å²) in [5, 5.41) is 7.26. The molecular weight excluding hydrogens is 260 g/mol. The van der Waals surface area contributed by atoms with Gasteiger partial charge in [-0.2, -0.15) is 0 Å². The van der Waals surface area contributed by atoms with Crippen LogP contribution in [0.3, 0.4) is 0 Å². The van der Waals surface area contributed by atoms with Gasteiger partial charge in [0.25, 0.3) is 0 Å². The highest BCUT2D eigenvalue weighted by Gasteiger charge is 2.29. The summed E-state index contributed by atoms with van der Waals surface area (Å²) in [5.41, 5.74) is 0. The molecule has 1 fully saturated rings. The van der Waals surface area contributed by atoms with Gasteiger partial charge < -0.3 is 15.5 Å². The largest absolute Gasteiger partial charge is 0.353 e. The SMILES string of the molecule is CCCNCc1cnc(N2CCNC(=O)C2CC)s1. The molecule has 1 aliphatic rings. The molecule has 0 aromatic carbocycles. The first kappa shape index (κ1) is 14.3. The molecule has 5 nitrogen and oxygen atoms in total. The Labute approximate surface area is 118 Å². The quantitative estimate of drug-likeness (QED) is 0.774. The van der Waals surface area contributed by atoms with Crippen molar-refractivity contribution in [2.24, 2.45) is 0 Å². The van der Waals surface area contributed by atoms with Gasteiger partial charge in [-0.1, -0.05) is 13.8 Å². The number of aromatic nitrogens is 1. The minimum Gasteiger partial charge on any atom is -0.353 e. The van der Waals surface area contributed by atoms with Crippen molar-refractivity contribution in [3.05, 3.63) is 11.1 Å². The second-order valence-corrected chi connectivity index (χ2v) is 5.79. The minimum atomic E-state index is -0.0728. The number of piperazine rings is 1. The topological polar surface area (TPSA) is 57.3 Å². The zero-order chi connectivity index (χ0) is 13.7. The Morgan fingerprint density at radius 2 is 2.42 bits per heavy atom. The van der Waals surface area contributed by atoms with Crippen LogP contribution in [0.5, 0.6) is 0 Å². The van der Waals surface area contributed by atoms with Crippen LogP contribution in [0.25, 0.3) is 0 Å². The van der Waals surface area contributed by atoms with E-state index in [0.717, 1.165) is 37.6 Å². The van der Waals surface area contributed by atoms with E-state index in [9.17, 15) is 4.79 Å². The van der Waals surface area contributed by atoms with Crippen molar-refractivity contribution in [2.75, 3.05) is 24.5 Å². The molecule has 1 aromatic heterocycles. The van der Waals surface area contributed by atoms with E-state index < -0.39 is 0 Å². The molecule has 0 saturated carbocycles. The van der Waals surface area contributed by atoms with Gasteiger partial charge >= 0.3 is 0 Å². The van der Waals surface area contributed by atoms with Gasteiger partial charge in [0.05, 0.1) is 0 Å². The Morgan fingerprint density at radius 3 is 3.16 bits per heavy atom. The third kappa shape index (κ3) is 3.45. The second-order valence-electron chi connectivity index (χ2n) is 4.69. The van der Waals surface area contributed by atoms with Crippen LogP contribution in [0.2, 0.25) is 0 Å². The average molecular weight is 282 g/mol. The Kier molecular flexibility index (Phi) is 5.15. The van der Waals surface area contributed by atoms with Crippen molar-refractivity contribution in [2.45, 2.75) is 39.3 Å². The van der Waals surface area contributed by atoms with Crippen molar-refractivity contribution in [3.8, 4) is 0 Å². The van der Waals surface area contributed by atoms with Gasteiger partial charge in [-0.25, -0.2) is 4.98 Å². The number of nitrogens with zero attached hydrogens (tertiary/aromatic N) is 2. The predicted molar refractivity (Wildman–Crippen MR) is 78.5 cm³/mol. The molecule has 1 aliphatic heterocycles.